The highest BCUT2D eigenvalue weighted by Crippen LogP contribution is 2.28. The van der Waals surface area contributed by atoms with Crippen LogP contribution in [0.25, 0.3) is 0 Å². The van der Waals surface area contributed by atoms with Gasteiger partial charge in [-0.25, -0.2) is 8.42 Å². The van der Waals surface area contributed by atoms with Crippen LogP contribution in [0.2, 0.25) is 5.02 Å². The molecule has 9 heteroatoms. The number of carbonyl (C=O) groups is 2. The molecule has 3 aromatic carbocycles. The maximum atomic E-state index is 14.3. The average Bonchev–Trinajstić information content (AvgIpc) is 2.98. The molecule has 0 spiro atoms. The zero-order chi connectivity index (χ0) is 30.3. The molecule has 2 amide bonds. The molecule has 1 saturated carbocycles. The van der Waals surface area contributed by atoms with Crippen molar-refractivity contribution in [3.05, 3.63) is 94.5 Å². The first-order valence-electron chi connectivity index (χ1n) is 14.6. The predicted octanol–water partition coefficient (Wildman–Crippen LogP) is 6.41. The van der Waals surface area contributed by atoms with Gasteiger partial charge in [0.2, 0.25) is 11.8 Å². The van der Waals surface area contributed by atoms with Crippen molar-refractivity contribution in [1.82, 2.24) is 10.2 Å². The van der Waals surface area contributed by atoms with Gasteiger partial charge >= 0.3 is 0 Å². The smallest absolute Gasteiger partial charge is 0.264 e. The fourth-order valence-corrected chi connectivity index (χ4v) is 7.05. The van der Waals surface area contributed by atoms with Crippen molar-refractivity contribution in [3.63, 3.8) is 0 Å². The van der Waals surface area contributed by atoms with Crippen LogP contribution in [0.3, 0.4) is 0 Å². The summed E-state index contributed by atoms with van der Waals surface area (Å²) in [5, 5.41) is 3.73. The molecule has 0 bridgehead atoms. The van der Waals surface area contributed by atoms with Gasteiger partial charge in [-0.05, 0) is 74.6 Å². The number of anilines is 1. The Bertz CT molecular complexity index is 1470. The van der Waals surface area contributed by atoms with Crippen LogP contribution in [0.15, 0.2) is 77.7 Å². The molecule has 0 radical (unpaired) electrons. The molecular formula is C33H40ClN3O4S. The zero-order valence-corrected chi connectivity index (χ0v) is 26.1. The van der Waals surface area contributed by atoms with Gasteiger partial charge in [0.15, 0.2) is 0 Å². The Morgan fingerprint density at radius 1 is 0.929 bits per heavy atom. The number of halogens is 1. The van der Waals surface area contributed by atoms with E-state index in [2.05, 4.69) is 5.32 Å². The van der Waals surface area contributed by atoms with Crippen molar-refractivity contribution >= 4 is 39.1 Å². The third-order valence-electron chi connectivity index (χ3n) is 7.88. The first kappa shape index (κ1) is 31.6. The highest BCUT2D eigenvalue weighted by molar-refractivity contribution is 7.92. The third kappa shape index (κ3) is 7.72. The topological polar surface area (TPSA) is 86.8 Å². The number of benzene rings is 3. The van der Waals surface area contributed by atoms with Crippen molar-refractivity contribution < 1.29 is 18.0 Å². The van der Waals surface area contributed by atoms with Gasteiger partial charge in [-0.15, -0.1) is 0 Å². The zero-order valence-electron chi connectivity index (χ0n) is 24.6. The van der Waals surface area contributed by atoms with Crippen LogP contribution >= 0.6 is 11.6 Å². The molecule has 3 aromatic rings. The monoisotopic (exact) mass is 609 g/mol. The van der Waals surface area contributed by atoms with Gasteiger partial charge in [-0.1, -0.05) is 85.8 Å². The summed E-state index contributed by atoms with van der Waals surface area (Å²) in [6.07, 6.45) is 5.52. The second kappa shape index (κ2) is 14.2. The fraction of sp³-hybridized carbons (Fsp3) is 0.394. The molecule has 0 aliphatic heterocycles. The highest BCUT2D eigenvalue weighted by atomic mass is 35.5. The maximum absolute atomic E-state index is 14.3. The molecule has 0 heterocycles. The van der Waals surface area contributed by atoms with Gasteiger partial charge in [0.1, 0.15) is 12.6 Å². The molecule has 1 aliphatic carbocycles. The van der Waals surface area contributed by atoms with Crippen LogP contribution in [-0.2, 0) is 26.2 Å². The lowest BCUT2D eigenvalue weighted by Crippen LogP contribution is -2.54. The van der Waals surface area contributed by atoms with Gasteiger partial charge in [0.05, 0.1) is 10.6 Å². The molecule has 0 saturated heterocycles. The van der Waals surface area contributed by atoms with Crippen molar-refractivity contribution in [2.45, 2.75) is 82.8 Å². The number of nitrogens with zero attached hydrogens (tertiary/aromatic N) is 2. The Morgan fingerprint density at radius 2 is 1.57 bits per heavy atom. The first-order valence-corrected chi connectivity index (χ1v) is 16.4. The van der Waals surface area contributed by atoms with E-state index in [9.17, 15) is 18.0 Å². The molecule has 7 nitrogen and oxygen atoms in total. The van der Waals surface area contributed by atoms with Crippen LogP contribution < -0.4 is 9.62 Å². The Kier molecular flexibility index (Phi) is 10.7. The van der Waals surface area contributed by atoms with Gasteiger partial charge in [-0.2, -0.15) is 0 Å². The molecule has 0 aromatic heterocycles. The van der Waals surface area contributed by atoms with E-state index in [4.69, 9.17) is 11.6 Å². The van der Waals surface area contributed by atoms with Crippen LogP contribution in [0.5, 0.6) is 0 Å². The predicted molar refractivity (Wildman–Crippen MR) is 168 cm³/mol. The van der Waals surface area contributed by atoms with Crippen molar-refractivity contribution in [2.75, 3.05) is 10.8 Å². The van der Waals surface area contributed by atoms with E-state index in [0.29, 0.717) is 22.7 Å². The minimum Gasteiger partial charge on any atom is -0.352 e. The second-order valence-corrected chi connectivity index (χ2v) is 13.3. The summed E-state index contributed by atoms with van der Waals surface area (Å²) >= 11 is 6.11. The summed E-state index contributed by atoms with van der Waals surface area (Å²) in [6, 6.07) is 20.1. The van der Waals surface area contributed by atoms with E-state index in [1.54, 1.807) is 48.5 Å². The number of hydrogen-bond acceptors (Lipinski definition) is 4. The quantitative estimate of drug-likeness (QED) is 0.272. The molecule has 1 atom stereocenters. The lowest BCUT2D eigenvalue weighted by atomic mass is 9.95. The van der Waals surface area contributed by atoms with E-state index in [1.807, 2.05) is 45.0 Å². The Morgan fingerprint density at radius 3 is 2.19 bits per heavy atom. The number of hydrogen-bond donors (Lipinski definition) is 1. The summed E-state index contributed by atoms with van der Waals surface area (Å²) in [7, 11) is -4.11. The minimum absolute atomic E-state index is 0.0816. The number of sulfonamides is 1. The summed E-state index contributed by atoms with van der Waals surface area (Å²) < 4.78 is 29.3. The van der Waals surface area contributed by atoms with Gasteiger partial charge in [-0.3, -0.25) is 13.9 Å². The molecule has 1 unspecified atom stereocenters. The van der Waals surface area contributed by atoms with Crippen LogP contribution in [0.4, 0.5) is 5.69 Å². The summed E-state index contributed by atoms with van der Waals surface area (Å²) in [6.45, 7) is 5.25. The lowest BCUT2D eigenvalue weighted by molar-refractivity contribution is -0.140. The summed E-state index contributed by atoms with van der Waals surface area (Å²) in [5.74, 6) is -0.676. The number of para-hydroxylation sites is 1. The lowest BCUT2D eigenvalue weighted by Gasteiger charge is -2.34. The van der Waals surface area contributed by atoms with Crippen molar-refractivity contribution in [1.29, 1.82) is 0 Å². The van der Waals surface area contributed by atoms with E-state index in [-0.39, 0.29) is 23.4 Å². The van der Waals surface area contributed by atoms with E-state index in [0.717, 1.165) is 47.5 Å². The molecule has 1 fully saturated rings. The Balaban J connectivity index is 1.71. The van der Waals surface area contributed by atoms with Crippen LogP contribution in [-0.4, -0.2) is 43.8 Å². The maximum Gasteiger partial charge on any atom is 0.264 e. The van der Waals surface area contributed by atoms with E-state index >= 15 is 0 Å². The SMILES string of the molecule is CCC(C(=O)NC1CCCCC1)N(Cc1ccc(Cl)cc1)C(=O)CN(c1ccccc1C)S(=O)(=O)c1ccc(C)cc1. The molecule has 224 valence electrons. The minimum atomic E-state index is -4.11. The van der Waals surface area contributed by atoms with Gasteiger partial charge < -0.3 is 10.2 Å². The van der Waals surface area contributed by atoms with Crippen molar-refractivity contribution in [3.8, 4) is 0 Å². The number of rotatable bonds is 11. The van der Waals surface area contributed by atoms with Crippen LogP contribution in [0, 0.1) is 13.8 Å². The molecule has 1 aliphatic rings. The Hall–Kier alpha value is -3.36. The molecule has 4 rings (SSSR count). The van der Waals surface area contributed by atoms with Gasteiger partial charge in [0.25, 0.3) is 10.0 Å². The van der Waals surface area contributed by atoms with Gasteiger partial charge in [0, 0.05) is 17.6 Å². The summed E-state index contributed by atoms with van der Waals surface area (Å²) in [4.78, 5) is 29.5. The number of aryl methyl sites for hydroxylation is 2. The standard InChI is InChI=1S/C33H40ClN3O4S/c1-4-30(33(39)35-28-11-6-5-7-12-28)36(22-26-16-18-27(34)19-17-26)32(38)23-37(31-13-9-8-10-25(31)3)42(40,41)29-20-14-24(2)15-21-29/h8-10,13-21,28,30H,4-7,11-12,22-23H2,1-3H3,(H,35,39). The van der Waals surface area contributed by atoms with E-state index in [1.165, 1.54) is 4.90 Å². The van der Waals surface area contributed by atoms with Crippen LogP contribution in [0.1, 0.15) is 62.1 Å². The van der Waals surface area contributed by atoms with E-state index < -0.39 is 28.5 Å². The fourth-order valence-electron chi connectivity index (χ4n) is 5.44. The normalized spacial score (nSPS) is 14.7. The second-order valence-electron chi connectivity index (χ2n) is 11.0. The molecule has 1 N–H and O–H groups in total. The average molecular weight is 610 g/mol. The molecular weight excluding hydrogens is 570 g/mol. The number of nitrogens with one attached hydrogen (secondary N) is 1. The number of carbonyl (C=O) groups excluding carboxylic acids is 2. The summed E-state index contributed by atoms with van der Waals surface area (Å²) in [5.41, 5.74) is 2.85. The Labute approximate surface area is 254 Å². The highest BCUT2D eigenvalue weighted by Gasteiger charge is 2.34. The molecule has 42 heavy (non-hydrogen) atoms. The largest absolute Gasteiger partial charge is 0.352 e. The first-order chi connectivity index (χ1) is 20.1. The third-order valence-corrected chi connectivity index (χ3v) is 9.90. The number of amides is 2. The van der Waals surface area contributed by atoms with Crippen molar-refractivity contribution in [2.24, 2.45) is 0 Å².